The third-order valence-corrected chi connectivity index (χ3v) is 5.13. The second kappa shape index (κ2) is 9.70. The van der Waals surface area contributed by atoms with E-state index in [1.165, 1.54) is 24.3 Å². The number of hydrogen-bond acceptors (Lipinski definition) is 4. The fourth-order valence-corrected chi connectivity index (χ4v) is 3.59. The molecule has 1 aliphatic heterocycles. The highest BCUT2D eigenvalue weighted by Gasteiger charge is 2.26. The van der Waals surface area contributed by atoms with Crippen LogP contribution in [-0.2, 0) is 9.53 Å². The second-order valence-corrected chi connectivity index (χ2v) is 8.87. The number of fused-ring (bicyclic) bond motifs is 1. The molecule has 0 aliphatic carbocycles. The van der Waals surface area contributed by atoms with E-state index in [9.17, 15) is 18.8 Å². The maximum absolute atomic E-state index is 13.8. The van der Waals surface area contributed by atoms with Crippen molar-refractivity contribution in [2.75, 3.05) is 24.9 Å². The summed E-state index contributed by atoms with van der Waals surface area (Å²) in [6.45, 7) is 1.00. The number of benzene rings is 1. The Morgan fingerprint density at radius 3 is 2.74 bits per heavy atom. The number of carbonyl (C=O) groups is 3. The zero-order chi connectivity index (χ0) is 29.5. The molecule has 0 saturated carbocycles. The number of hydrogen-bond donors (Lipinski definition) is 3. The average Bonchev–Trinajstić information content (AvgIpc) is 3.23. The van der Waals surface area contributed by atoms with Crippen LogP contribution in [-0.4, -0.2) is 53.0 Å². The molecule has 2 aromatic rings. The van der Waals surface area contributed by atoms with Crippen molar-refractivity contribution in [2.45, 2.75) is 47.1 Å². The smallest absolute Gasteiger partial charge is 0.410 e. The molecule has 2 heterocycles. The number of amides is 3. The lowest BCUT2D eigenvalue weighted by Crippen LogP contribution is -2.41. The molecular formula is C25H31FN4O4. The summed E-state index contributed by atoms with van der Waals surface area (Å²) in [7, 11) is 0. The van der Waals surface area contributed by atoms with Gasteiger partial charge in [-0.25, -0.2) is 9.18 Å². The summed E-state index contributed by atoms with van der Waals surface area (Å²) >= 11 is 0. The quantitative estimate of drug-likeness (QED) is 0.544. The Hall–Kier alpha value is -3.62. The lowest BCUT2D eigenvalue weighted by Gasteiger charge is -2.26. The van der Waals surface area contributed by atoms with E-state index in [2.05, 4.69) is 15.6 Å². The van der Waals surface area contributed by atoms with Gasteiger partial charge < -0.3 is 25.3 Å². The van der Waals surface area contributed by atoms with Gasteiger partial charge >= 0.3 is 6.09 Å². The zero-order valence-electron chi connectivity index (χ0n) is 24.7. The Morgan fingerprint density at radius 1 is 1.32 bits per heavy atom. The van der Waals surface area contributed by atoms with Gasteiger partial charge in [0.15, 0.2) is 0 Å². The SMILES string of the molecule is [2H]C([2H])([2H])C([2H])([2H])N(CCNC(=O)c1c(C)[nH]c(/C=C2/C(=O)Nc3ccc(F)cc32)c1C)C(=O)OC(C)(C)C. The van der Waals surface area contributed by atoms with Gasteiger partial charge in [0.25, 0.3) is 11.8 Å². The van der Waals surface area contributed by atoms with Gasteiger partial charge in [-0.2, -0.15) is 0 Å². The van der Waals surface area contributed by atoms with Crippen LogP contribution in [0.25, 0.3) is 11.6 Å². The molecular weight excluding hydrogens is 439 g/mol. The number of aromatic amines is 1. The molecule has 8 nitrogen and oxygen atoms in total. The molecule has 34 heavy (non-hydrogen) atoms. The minimum absolute atomic E-state index is 0.223. The molecule has 0 unspecified atom stereocenters. The van der Waals surface area contributed by atoms with Gasteiger partial charge in [0.1, 0.15) is 11.4 Å². The van der Waals surface area contributed by atoms with Gasteiger partial charge in [-0.05, 0) is 71.3 Å². The number of aryl methyl sites for hydroxylation is 1. The highest BCUT2D eigenvalue weighted by molar-refractivity contribution is 6.34. The number of nitrogens with one attached hydrogen (secondary N) is 3. The monoisotopic (exact) mass is 475 g/mol. The molecule has 0 atom stereocenters. The van der Waals surface area contributed by atoms with Crippen molar-refractivity contribution in [3.63, 3.8) is 0 Å². The van der Waals surface area contributed by atoms with E-state index in [0.29, 0.717) is 33.1 Å². The third kappa shape index (κ3) is 5.47. The maximum Gasteiger partial charge on any atom is 0.410 e. The molecule has 9 heteroatoms. The molecule has 1 aromatic carbocycles. The number of nitrogens with zero attached hydrogens (tertiary/aromatic N) is 1. The zero-order valence-corrected chi connectivity index (χ0v) is 19.7. The number of anilines is 1. The van der Waals surface area contributed by atoms with Crippen LogP contribution in [0.2, 0.25) is 0 Å². The molecule has 0 fully saturated rings. The minimum atomic E-state index is -3.17. The van der Waals surface area contributed by atoms with Crippen LogP contribution < -0.4 is 10.6 Å². The molecule has 0 bridgehead atoms. The summed E-state index contributed by atoms with van der Waals surface area (Å²) in [6.07, 6.45) is 0.349. The standard InChI is InChI=1S/C25H31FN4O4/c1-7-30(24(33)34-25(4,5)6)11-10-27-23(32)21-14(2)20(28-15(21)3)13-18-17-12-16(26)8-9-19(17)29-22(18)31/h8-9,12-13,28H,7,10-11H2,1-6H3,(H,27,32)(H,29,31)/b18-13+/i1D3,7D2. The summed E-state index contributed by atoms with van der Waals surface area (Å²) in [4.78, 5) is 41.6. The second-order valence-electron chi connectivity index (χ2n) is 8.87. The van der Waals surface area contributed by atoms with Gasteiger partial charge in [-0.3, -0.25) is 9.59 Å². The third-order valence-electron chi connectivity index (χ3n) is 5.13. The summed E-state index contributed by atoms with van der Waals surface area (Å²) < 4.78 is 57.6. The van der Waals surface area contributed by atoms with Crippen molar-refractivity contribution in [3.8, 4) is 0 Å². The van der Waals surface area contributed by atoms with E-state index in [4.69, 9.17) is 11.6 Å². The summed E-state index contributed by atoms with van der Waals surface area (Å²) in [6, 6.07) is 3.94. The molecule has 182 valence electrons. The van der Waals surface area contributed by atoms with Gasteiger partial charge in [0.05, 0.1) is 11.1 Å². The molecule has 1 aromatic heterocycles. The van der Waals surface area contributed by atoms with E-state index >= 15 is 0 Å². The normalized spacial score (nSPS) is 17.1. The Balaban J connectivity index is 1.81. The van der Waals surface area contributed by atoms with E-state index < -0.39 is 49.2 Å². The molecule has 3 rings (SSSR count). The van der Waals surface area contributed by atoms with Crippen LogP contribution in [0.4, 0.5) is 14.9 Å². The summed E-state index contributed by atoms with van der Waals surface area (Å²) in [5.74, 6) is -1.48. The molecule has 3 N–H and O–H groups in total. The van der Waals surface area contributed by atoms with E-state index in [1.807, 2.05) is 0 Å². The van der Waals surface area contributed by atoms with Gasteiger partial charge in [-0.15, -0.1) is 0 Å². The first kappa shape index (κ1) is 18.8. The van der Waals surface area contributed by atoms with Crippen molar-refractivity contribution in [1.29, 1.82) is 0 Å². The molecule has 0 spiro atoms. The number of halogens is 1. The number of aromatic nitrogens is 1. The molecule has 0 radical (unpaired) electrons. The highest BCUT2D eigenvalue weighted by Crippen LogP contribution is 2.34. The van der Waals surface area contributed by atoms with Crippen LogP contribution in [0.3, 0.4) is 0 Å². The number of ether oxygens (including phenoxy) is 1. The van der Waals surface area contributed by atoms with E-state index in [0.717, 1.165) is 0 Å². The Bertz CT molecular complexity index is 1350. The molecule has 3 amide bonds. The summed E-state index contributed by atoms with van der Waals surface area (Å²) in [5.41, 5.74) is 1.75. The first-order valence-corrected chi connectivity index (χ1v) is 10.6. The number of carbonyl (C=O) groups excluding carboxylic acids is 3. The Morgan fingerprint density at radius 2 is 2.06 bits per heavy atom. The lowest BCUT2D eigenvalue weighted by molar-refractivity contribution is -0.110. The number of likely N-dealkylation sites (N-methyl/N-ethyl adjacent to an activating group) is 1. The fraction of sp³-hybridized carbons (Fsp3) is 0.400. The predicted molar refractivity (Wildman–Crippen MR) is 129 cm³/mol. The predicted octanol–water partition coefficient (Wildman–Crippen LogP) is 4.25. The van der Waals surface area contributed by atoms with Crippen molar-refractivity contribution < 1.29 is 30.4 Å². The van der Waals surface area contributed by atoms with Crippen molar-refractivity contribution >= 4 is 35.2 Å². The van der Waals surface area contributed by atoms with Gasteiger partial charge in [-0.1, -0.05) is 0 Å². The topological polar surface area (TPSA) is 104 Å². The van der Waals surface area contributed by atoms with Crippen LogP contribution in [0.5, 0.6) is 0 Å². The van der Waals surface area contributed by atoms with Crippen LogP contribution in [0.15, 0.2) is 18.2 Å². The fourth-order valence-electron chi connectivity index (χ4n) is 3.59. The van der Waals surface area contributed by atoms with Crippen LogP contribution in [0, 0.1) is 19.7 Å². The average molecular weight is 476 g/mol. The van der Waals surface area contributed by atoms with Crippen LogP contribution in [0.1, 0.15) is 67.3 Å². The molecule has 0 saturated heterocycles. The van der Waals surface area contributed by atoms with E-state index in [-0.39, 0.29) is 17.7 Å². The first-order chi connectivity index (χ1) is 17.8. The van der Waals surface area contributed by atoms with E-state index in [1.54, 1.807) is 34.6 Å². The van der Waals surface area contributed by atoms with Crippen molar-refractivity contribution in [3.05, 3.63) is 52.1 Å². The highest BCUT2D eigenvalue weighted by atomic mass is 19.1. The van der Waals surface area contributed by atoms with Crippen molar-refractivity contribution in [1.82, 2.24) is 15.2 Å². The number of H-pyrrole nitrogens is 1. The van der Waals surface area contributed by atoms with Gasteiger partial charge in [0, 0.05) is 49.1 Å². The maximum atomic E-state index is 13.8. The van der Waals surface area contributed by atoms with Crippen LogP contribution >= 0.6 is 0 Å². The lowest BCUT2D eigenvalue weighted by atomic mass is 10.0. The Labute approximate surface area is 205 Å². The number of rotatable bonds is 6. The summed E-state index contributed by atoms with van der Waals surface area (Å²) in [5, 5.41) is 5.25. The minimum Gasteiger partial charge on any atom is -0.444 e. The largest absolute Gasteiger partial charge is 0.444 e. The van der Waals surface area contributed by atoms with Gasteiger partial charge in [0.2, 0.25) is 0 Å². The molecule has 1 aliphatic rings. The van der Waals surface area contributed by atoms with Crippen molar-refractivity contribution in [2.24, 2.45) is 0 Å². The Kier molecular flexibility index (Phi) is 5.36. The first-order valence-electron chi connectivity index (χ1n) is 13.1.